The number of benzene rings is 3. The molecule has 0 saturated heterocycles. The van der Waals surface area contributed by atoms with Gasteiger partial charge in [0.2, 0.25) is 0 Å². The van der Waals surface area contributed by atoms with Crippen molar-refractivity contribution >= 4 is 0 Å². The van der Waals surface area contributed by atoms with Gasteiger partial charge in [0.1, 0.15) is 5.75 Å². The van der Waals surface area contributed by atoms with Gasteiger partial charge in [0.15, 0.2) is 0 Å². The number of rotatable bonds is 8. The van der Waals surface area contributed by atoms with Crippen molar-refractivity contribution in [3.8, 4) is 16.9 Å². The Bertz CT molecular complexity index is 1290. The minimum absolute atomic E-state index is 0.189. The summed E-state index contributed by atoms with van der Waals surface area (Å²) in [5.41, 5.74) is 6.72. The average Bonchev–Trinajstić information content (AvgIpc) is 3.09. The zero-order valence-corrected chi connectivity index (χ0v) is 18.3. The molecule has 3 aromatic carbocycles. The molecule has 32 heavy (non-hydrogen) atoms. The van der Waals surface area contributed by atoms with Crippen molar-refractivity contribution in [2.24, 2.45) is 0 Å². The summed E-state index contributed by atoms with van der Waals surface area (Å²) >= 11 is 0. The number of nitrogens with zero attached hydrogens (tertiary/aromatic N) is 1. The Hall–Kier alpha value is -3.80. The Labute approximate surface area is 186 Å². The van der Waals surface area contributed by atoms with Crippen molar-refractivity contribution in [2.75, 3.05) is 6.61 Å². The van der Waals surface area contributed by atoms with Crippen molar-refractivity contribution in [1.29, 1.82) is 0 Å². The van der Waals surface area contributed by atoms with Gasteiger partial charge in [-0.05, 0) is 72.2 Å². The third kappa shape index (κ3) is 5.09. The first-order chi connectivity index (χ1) is 15.5. The van der Waals surface area contributed by atoms with E-state index < -0.39 is 11.4 Å². The van der Waals surface area contributed by atoms with Gasteiger partial charge in [0, 0.05) is 0 Å². The number of aromatic amines is 1. The molecule has 6 nitrogen and oxygen atoms in total. The minimum atomic E-state index is -0.755. The number of hydrogen-bond acceptors (Lipinski definition) is 4. The fourth-order valence-electron chi connectivity index (χ4n) is 3.89. The number of H-pyrrole nitrogens is 1. The predicted molar refractivity (Wildman–Crippen MR) is 124 cm³/mol. The fraction of sp³-hybridized carbons (Fsp3) is 0.231. The van der Waals surface area contributed by atoms with Crippen molar-refractivity contribution in [3.63, 3.8) is 0 Å². The number of aryl methyl sites for hydroxylation is 3. The zero-order chi connectivity index (χ0) is 22.5. The van der Waals surface area contributed by atoms with Gasteiger partial charge in [0.25, 0.3) is 0 Å². The van der Waals surface area contributed by atoms with Gasteiger partial charge in [-0.25, -0.2) is 14.6 Å². The summed E-state index contributed by atoms with van der Waals surface area (Å²) in [5, 5.41) is 0. The molecular weight excluding hydrogens is 404 g/mol. The average molecular weight is 431 g/mol. The lowest BCUT2D eigenvalue weighted by molar-refractivity contribution is 0.258. The Balaban J connectivity index is 1.30. The van der Waals surface area contributed by atoms with Crippen LogP contribution in [0.15, 0.2) is 80.8 Å². The predicted octanol–water partition coefficient (Wildman–Crippen LogP) is 4.47. The SMILES string of the molecule is Cc1cccc(C)c1-c1cccc(CCCOc2ccc(Cn3oc(=O)[nH]c3=O)cc2)c1. The van der Waals surface area contributed by atoms with E-state index in [-0.39, 0.29) is 6.54 Å². The third-order valence-corrected chi connectivity index (χ3v) is 5.45. The number of ether oxygens (including phenoxy) is 1. The van der Waals surface area contributed by atoms with Crippen LogP contribution in [-0.4, -0.2) is 16.3 Å². The molecule has 0 radical (unpaired) electrons. The molecule has 0 spiro atoms. The van der Waals surface area contributed by atoms with Crippen molar-refractivity contribution in [2.45, 2.75) is 33.2 Å². The van der Waals surface area contributed by atoms with E-state index in [1.165, 1.54) is 27.8 Å². The van der Waals surface area contributed by atoms with E-state index in [0.717, 1.165) is 28.9 Å². The molecule has 0 saturated carbocycles. The van der Waals surface area contributed by atoms with E-state index in [4.69, 9.17) is 9.26 Å². The Morgan fingerprint density at radius 3 is 2.31 bits per heavy atom. The van der Waals surface area contributed by atoms with Crippen LogP contribution in [-0.2, 0) is 13.0 Å². The van der Waals surface area contributed by atoms with Crippen LogP contribution in [0.1, 0.15) is 28.7 Å². The molecule has 0 unspecified atom stereocenters. The Kier molecular flexibility index (Phi) is 6.40. The fourth-order valence-corrected chi connectivity index (χ4v) is 3.89. The van der Waals surface area contributed by atoms with Gasteiger partial charge in [0.05, 0.1) is 13.2 Å². The lowest BCUT2D eigenvalue weighted by atomic mass is 9.94. The highest BCUT2D eigenvalue weighted by atomic mass is 16.5. The molecular formula is C26H26N2O4. The van der Waals surface area contributed by atoms with E-state index in [9.17, 15) is 9.59 Å². The second kappa shape index (κ2) is 9.56. The van der Waals surface area contributed by atoms with Crippen LogP contribution in [0.4, 0.5) is 0 Å². The highest BCUT2D eigenvalue weighted by Gasteiger charge is 2.07. The highest BCUT2D eigenvalue weighted by Crippen LogP contribution is 2.28. The smallest absolute Gasteiger partial charge is 0.440 e. The molecule has 0 aliphatic rings. The maximum Gasteiger partial charge on any atom is 0.440 e. The van der Waals surface area contributed by atoms with E-state index in [2.05, 4.69) is 61.3 Å². The van der Waals surface area contributed by atoms with Crippen molar-refractivity contribution in [1.82, 2.24) is 9.72 Å². The summed E-state index contributed by atoms with van der Waals surface area (Å²) in [4.78, 5) is 24.7. The molecule has 4 aromatic rings. The number of hydrogen-bond donors (Lipinski definition) is 1. The molecule has 1 aromatic heterocycles. The summed E-state index contributed by atoms with van der Waals surface area (Å²) in [6.07, 6.45) is 1.84. The van der Waals surface area contributed by atoms with E-state index in [1.54, 1.807) is 0 Å². The third-order valence-electron chi connectivity index (χ3n) is 5.45. The topological polar surface area (TPSA) is 77.2 Å². The van der Waals surface area contributed by atoms with E-state index in [1.807, 2.05) is 24.3 Å². The second-order valence-electron chi connectivity index (χ2n) is 7.91. The van der Waals surface area contributed by atoms with Crippen LogP contribution >= 0.6 is 0 Å². The molecule has 0 aliphatic carbocycles. The molecule has 1 heterocycles. The van der Waals surface area contributed by atoms with Crippen LogP contribution in [0, 0.1) is 13.8 Å². The van der Waals surface area contributed by atoms with Gasteiger partial charge < -0.3 is 9.26 Å². The first kappa shape index (κ1) is 21.4. The summed E-state index contributed by atoms with van der Waals surface area (Å²) in [7, 11) is 0. The standard InChI is InChI=1S/C26H26N2O4/c1-18-6-3-7-19(2)24(18)22-10-4-8-20(16-22)9-5-15-31-23-13-11-21(12-14-23)17-28-25(29)27-26(30)32-28/h3-4,6-8,10-14,16H,5,9,15,17H2,1-2H3,(H,27,29,30). The highest BCUT2D eigenvalue weighted by molar-refractivity contribution is 5.71. The lowest BCUT2D eigenvalue weighted by Gasteiger charge is -2.12. The van der Waals surface area contributed by atoms with Gasteiger partial charge >= 0.3 is 11.4 Å². The maximum atomic E-state index is 11.5. The monoisotopic (exact) mass is 430 g/mol. The second-order valence-corrected chi connectivity index (χ2v) is 7.91. The van der Waals surface area contributed by atoms with Crippen LogP contribution in [0.2, 0.25) is 0 Å². The van der Waals surface area contributed by atoms with Crippen molar-refractivity contribution in [3.05, 3.63) is 110 Å². The molecule has 0 amide bonds. The first-order valence-electron chi connectivity index (χ1n) is 10.7. The normalized spacial score (nSPS) is 10.9. The van der Waals surface area contributed by atoms with Crippen LogP contribution < -0.4 is 16.2 Å². The molecule has 1 N–H and O–H groups in total. The molecule has 0 fully saturated rings. The van der Waals surface area contributed by atoms with Crippen LogP contribution in [0.25, 0.3) is 11.1 Å². The maximum absolute atomic E-state index is 11.5. The molecule has 0 aliphatic heterocycles. The number of aromatic nitrogens is 2. The quantitative estimate of drug-likeness (QED) is 0.418. The summed E-state index contributed by atoms with van der Waals surface area (Å²) in [6, 6.07) is 22.5. The van der Waals surface area contributed by atoms with Crippen LogP contribution in [0.3, 0.4) is 0 Å². The molecule has 6 heteroatoms. The summed E-state index contributed by atoms with van der Waals surface area (Å²) < 4.78 is 11.6. The summed E-state index contributed by atoms with van der Waals surface area (Å²) in [5.74, 6) is 0.00966. The lowest BCUT2D eigenvalue weighted by Crippen LogP contribution is -2.17. The zero-order valence-electron chi connectivity index (χ0n) is 18.3. The van der Waals surface area contributed by atoms with Gasteiger partial charge in [-0.15, -0.1) is 4.74 Å². The summed E-state index contributed by atoms with van der Waals surface area (Å²) in [6.45, 7) is 5.11. The van der Waals surface area contributed by atoms with Gasteiger partial charge in [-0.2, -0.15) is 0 Å². The minimum Gasteiger partial charge on any atom is -0.494 e. The molecule has 164 valence electrons. The van der Waals surface area contributed by atoms with E-state index >= 15 is 0 Å². The largest absolute Gasteiger partial charge is 0.494 e. The molecule has 4 rings (SSSR count). The van der Waals surface area contributed by atoms with Crippen LogP contribution in [0.5, 0.6) is 5.75 Å². The molecule has 0 atom stereocenters. The Morgan fingerprint density at radius 1 is 0.906 bits per heavy atom. The van der Waals surface area contributed by atoms with Gasteiger partial charge in [-0.3, -0.25) is 0 Å². The van der Waals surface area contributed by atoms with E-state index in [0.29, 0.717) is 6.61 Å². The number of nitrogens with one attached hydrogen (secondary N) is 1. The van der Waals surface area contributed by atoms with Gasteiger partial charge in [-0.1, -0.05) is 54.6 Å². The molecule has 0 bridgehead atoms. The Morgan fingerprint density at radius 2 is 1.62 bits per heavy atom. The first-order valence-corrected chi connectivity index (χ1v) is 10.7. The van der Waals surface area contributed by atoms with Crippen molar-refractivity contribution < 1.29 is 9.26 Å².